The fourth-order valence-corrected chi connectivity index (χ4v) is 1.79. The minimum Gasteiger partial charge on any atom is -0.311 e. The zero-order valence-electron chi connectivity index (χ0n) is 7.92. The summed E-state index contributed by atoms with van der Waals surface area (Å²) < 4.78 is 0.975. The standard InChI is InChI=1S/C7H6N2OS.C2H6/c1-4-6-5(2-3-8-4)11-7(10)9-6;1-2/h2-3H,1H3,(H,9,10);1-2H3. The molecule has 0 aliphatic carbocycles. The van der Waals surface area contributed by atoms with Crippen LogP contribution in [0.25, 0.3) is 10.2 Å². The third-order valence-corrected chi connectivity index (χ3v) is 2.38. The van der Waals surface area contributed by atoms with Crippen LogP contribution in [0.5, 0.6) is 0 Å². The smallest absolute Gasteiger partial charge is 0.305 e. The Morgan fingerprint density at radius 2 is 2.15 bits per heavy atom. The summed E-state index contributed by atoms with van der Waals surface area (Å²) in [7, 11) is 0. The first-order chi connectivity index (χ1) is 6.27. The highest BCUT2D eigenvalue weighted by Crippen LogP contribution is 2.14. The molecule has 13 heavy (non-hydrogen) atoms. The minimum absolute atomic E-state index is 0.0175. The predicted molar refractivity (Wildman–Crippen MR) is 56.3 cm³/mol. The normalized spacial score (nSPS) is 9.46. The number of pyridine rings is 1. The second-order valence-corrected chi connectivity index (χ2v) is 3.30. The average Bonchev–Trinajstić information content (AvgIpc) is 2.51. The van der Waals surface area contributed by atoms with Gasteiger partial charge in [0.15, 0.2) is 0 Å². The van der Waals surface area contributed by atoms with E-state index in [2.05, 4.69) is 9.97 Å². The monoisotopic (exact) mass is 196 g/mol. The molecule has 0 radical (unpaired) electrons. The number of aryl methyl sites for hydroxylation is 1. The molecular weight excluding hydrogens is 184 g/mol. The van der Waals surface area contributed by atoms with Crippen molar-refractivity contribution in [1.29, 1.82) is 0 Å². The van der Waals surface area contributed by atoms with Gasteiger partial charge in [-0.1, -0.05) is 25.2 Å². The second kappa shape index (κ2) is 4.18. The molecule has 0 bridgehead atoms. The zero-order valence-corrected chi connectivity index (χ0v) is 8.73. The average molecular weight is 196 g/mol. The van der Waals surface area contributed by atoms with Crippen molar-refractivity contribution in [3.8, 4) is 0 Å². The Balaban J connectivity index is 0.000000396. The molecular formula is C9H12N2OS. The quantitative estimate of drug-likeness (QED) is 0.702. The molecule has 1 N–H and O–H groups in total. The van der Waals surface area contributed by atoms with Crippen LogP contribution in [-0.2, 0) is 0 Å². The Morgan fingerprint density at radius 1 is 1.46 bits per heavy atom. The van der Waals surface area contributed by atoms with Gasteiger partial charge in [-0.15, -0.1) is 0 Å². The maximum atomic E-state index is 10.9. The van der Waals surface area contributed by atoms with Gasteiger partial charge in [-0.25, -0.2) is 0 Å². The number of rotatable bonds is 0. The molecule has 0 aliphatic rings. The molecule has 0 atom stereocenters. The number of H-pyrrole nitrogens is 1. The zero-order chi connectivity index (χ0) is 9.84. The summed E-state index contributed by atoms with van der Waals surface area (Å²) >= 11 is 1.22. The first-order valence-corrected chi connectivity index (χ1v) is 5.03. The molecule has 2 rings (SSSR count). The van der Waals surface area contributed by atoms with E-state index >= 15 is 0 Å². The molecule has 0 fully saturated rings. The van der Waals surface area contributed by atoms with Crippen molar-refractivity contribution in [2.24, 2.45) is 0 Å². The Bertz CT molecular complexity index is 444. The van der Waals surface area contributed by atoms with E-state index in [-0.39, 0.29) is 4.87 Å². The van der Waals surface area contributed by atoms with Gasteiger partial charge in [0.05, 0.1) is 15.9 Å². The van der Waals surface area contributed by atoms with Gasteiger partial charge in [-0.2, -0.15) is 0 Å². The Morgan fingerprint density at radius 3 is 2.77 bits per heavy atom. The molecule has 0 unspecified atom stereocenters. The number of hydrogen-bond acceptors (Lipinski definition) is 3. The number of aromatic amines is 1. The van der Waals surface area contributed by atoms with Crippen molar-refractivity contribution < 1.29 is 0 Å². The van der Waals surface area contributed by atoms with Gasteiger partial charge < -0.3 is 4.98 Å². The molecule has 0 aromatic carbocycles. The lowest BCUT2D eigenvalue weighted by Gasteiger charge is -1.90. The molecule has 2 aromatic heterocycles. The highest BCUT2D eigenvalue weighted by Gasteiger charge is 2.00. The molecule has 3 nitrogen and oxygen atoms in total. The molecule has 2 aromatic rings. The lowest BCUT2D eigenvalue weighted by Crippen LogP contribution is -1.91. The molecule has 0 amide bonds. The van der Waals surface area contributed by atoms with Crippen LogP contribution in [0.2, 0.25) is 0 Å². The topological polar surface area (TPSA) is 45.8 Å². The third kappa shape index (κ3) is 1.95. The van der Waals surface area contributed by atoms with Crippen molar-refractivity contribution >= 4 is 21.6 Å². The highest BCUT2D eigenvalue weighted by molar-refractivity contribution is 7.16. The maximum absolute atomic E-state index is 10.9. The third-order valence-electron chi connectivity index (χ3n) is 1.53. The fraction of sp³-hybridized carbons (Fsp3) is 0.333. The summed E-state index contributed by atoms with van der Waals surface area (Å²) in [6, 6.07) is 1.84. The van der Waals surface area contributed by atoms with Gasteiger partial charge in [-0.05, 0) is 13.0 Å². The van der Waals surface area contributed by atoms with E-state index in [0.29, 0.717) is 0 Å². The minimum atomic E-state index is -0.0175. The van der Waals surface area contributed by atoms with Crippen LogP contribution in [0.1, 0.15) is 19.5 Å². The number of thiazole rings is 1. The van der Waals surface area contributed by atoms with Crippen LogP contribution in [-0.4, -0.2) is 9.97 Å². The molecule has 2 heterocycles. The number of nitrogens with zero attached hydrogens (tertiary/aromatic N) is 1. The molecule has 4 heteroatoms. The highest BCUT2D eigenvalue weighted by atomic mass is 32.1. The van der Waals surface area contributed by atoms with Crippen LogP contribution < -0.4 is 4.87 Å². The van der Waals surface area contributed by atoms with Crippen LogP contribution in [0, 0.1) is 6.92 Å². The van der Waals surface area contributed by atoms with Gasteiger partial charge in [0.25, 0.3) is 0 Å². The SMILES string of the molecule is CC.Cc1nccc2sc(=O)[nH]c12. The van der Waals surface area contributed by atoms with Crippen molar-refractivity contribution in [3.63, 3.8) is 0 Å². The van der Waals surface area contributed by atoms with E-state index < -0.39 is 0 Å². The lowest BCUT2D eigenvalue weighted by atomic mass is 10.3. The fourth-order valence-electron chi connectivity index (χ4n) is 1.01. The van der Waals surface area contributed by atoms with Gasteiger partial charge in [0, 0.05) is 6.20 Å². The molecule has 0 saturated heterocycles. The van der Waals surface area contributed by atoms with Gasteiger partial charge in [0.1, 0.15) is 0 Å². The summed E-state index contributed by atoms with van der Waals surface area (Å²) in [6.45, 7) is 5.88. The maximum Gasteiger partial charge on any atom is 0.305 e. The van der Waals surface area contributed by atoms with E-state index in [1.807, 2.05) is 26.8 Å². The predicted octanol–water partition coefficient (Wildman–Crippen LogP) is 2.32. The molecule has 0 aliphatic heterocycles. The van der Waals surface area contributed by atoms with E-state index in [1.165, 1.54) is 11.3 Å². The van der Waals surface area contributed by atoms with Crippen LogP contribution in [0.15, 0.2) is 17.1 Å². The molecule has 0 spiro atoms. The van der Waals surface area contributed by atoms with E-state index in [0.717, 1.165) is 15.9 Å². The van der Waals surface area contributed by atoms with Crippen molar-refractivity contribution in [1.82, 2.24) is 9.97 Å². The van der Waals surface area contributed by atoms with Gasteiger partial charge >= 0.3 is 4.87 Å². The van der Waals surface area contributed by atoms with Crippen LogP contribution in [0.3, 0.4) is 0 Å². The van der Waals surface area contributed by atoms with E-state index in [4.69, 9.17) is 0 Å². The molecule has 0 saturated carbocycles. The van der Waals surface area contributed by atoms with Crippen molar-refractivity contribution in [2.75, 3.05) is 0 Å². The van der Waals surface area contributed by atoms with Crippen LogP contribution >= 0.6 is 11.3 Å². The second-order valence-electron chi connectivity index (χ2n) is 2.28. The number of fused-ring (bicyclic) bond motifs is 1. The van der Waals surface area contributed by atoms with Crippen LogP contribution in [0.4, 0.5) is 0 Å². The first-order valence-electron chi connectivity index (χ1n) is 4.22. The van der Waals surface area contributed by atoms with Crippen molar-refractivity contribution in [2.45, 2.75) is 20.8 Å². The summed E-state index contributed by atoms with van der Waals surface area (Å²) in [5, 5.41) is 0. The lowest BCUT2D eigenvalue weighted by molar-refractivity contribution is 1.21. The van der Waals surface area contributed by atoms with Gasteiger partial charge in [0.2, 0.25) is 0 Å². The first kappa shape index (κ1) is 9.92. The summed E-state index contributed by atoms with van der Waals surface area (Å²) in [5.74, 6) is 0. The number of nitrogens with one attached hydrogen (secondary N) is 1. The van der Waals surface area contributed by atoms with Crippen molar-refractivity contribution in [3.05, 3.63) is 27.6 Å². The van der Waals surface area contributed by atoms with E-state index in [1.54, 1.807) is 6.20 Å². The number of hydrogen-bond donors (Lipinski definition) is 1. The molecule has 70 valence electrons. The summed E-state index contributed by atoms with van der Waals surface area (Å²) in [4.78, 5) is 17.6. The Labute approximate surface area is 80.5 Å². The summed E-state index contributed by atoms with van der Waals surface area (Å²) in [5.41, 5.74) is 1.74. The summed E-state index contributed by atoms with van der Waals surface area (Å²) in [6.07, 6.45) is 1.71. The Kier molecular flexibility index (Phi) is 3.19. The van der Waals surface area contributed by atoms with E-state index in [9.17, 15) is 4.79 Å². The Hall–Kier alpha value is -1.16. The number of aromatic nitrogens is 2. The largest absolute Gasteiger partial charge is 0.311 e. The van der Waals surface area contributed by atoms with Gasteiger partial charge in [-0.3, -0.25) is 9.78 Å².